The van der Waals surface area contributed by atoms with E-state index < -0.39 is 0 Å². The molecule has 0 radical (unpaired) electrons. The van der Waals surface area contributed by atoms with Gasteiger partial charge in [-0.3, -0.25) is 28.9 Å². The number of aromatic nitrogens is 4. The molecule has 125 heavy (non-hydrogen) atoms. The van der Waals surface area contributed by atoms with Crippen LogP contribution in [-0.2, 0) is 0 Å². The van der Waals surface area contributed by atoms with Crippen LogP contribution in [-0.4, -0.2) is 75.6 Å². The van der Waals surface area contributed by atoms with Crippen LogP contribution in [0.1, 0.15) is 62.8 Å². The minimum absolute atomic E-state index is 0. The molecule has 2 saturated heterocycles. The number of pyridine rings is 4. The van der Waals surface area contributed by atoms with Crippen molar-refractivity contribution in [3.8, 4) is 22.7 Å². The van der Waals surface area contributed by atoms with Gasteiger partial charge in [0.25, 0.3) is 11.6 Å². The first-order valence-electron chi connectivity index (χ1n) is 42.1. The fourth-order valence-corrected chi connectivity index (χ4v) is 22.5. The van der Waals surface area contributed by atoms with E-state index in [1.54, 1.807) is 0 Å². The molecule has 12 nitrogen and oxygen atoms in total. The predicted molar refractivity (Wildman–Crippen MR) is 527 cm³/mol. The molecule has 6 aliphatic rings. The molecule has 2 fully saturated rings. The Morgan fingerprint density at radius 3 is 0.880 bits per heavy atom. The summed E-state index contributed by atoms with van der Waals surface area (Å²) in [5.74, 6) is 2.41. The number of piperidine rings is 2. The summed E-state index contributed by atoms with van der Waals surface area (Å²) in [6, 6.07) is 123. The summed E-state index contributed by atoms with van der Waals surface area (Å²) in [5, 5.41) is 9.75. The van der Waals surface area contributed by atoms with Gasteiger partial charge in [-0.25, -0.2) is 0 Å². The number of benzene rings is 12. The number of fused-ring (bicyclic) bond motifs is 8. The van der Waals surface area contributed by atoms with Crippen LogP contribution in [0.2, 0.25) is 0 Å². The second-order valence-electron chi connectivity index (χ2n) is 31.7. The maximum absolute atomic E-state index is 5.67. The molecule has 0 amide bonds. The fraction of sp³-hybridized carbons (Fsp3) is 0.148. The Morgan fingerprint density at radius 1 is 0.296 bits per heavy atom. The lowest BCUT2D eigenvalue weighted by Crippen LogP contribution is -3.00. The summed E-state index contributed by atoms with van der Waals surface area (Å²) in [4.78, 5) is 30.9. The highest BCUT2D eigenvalue weighted by Crippen LogP contribution is 2.50. The van der Waals surface area contributed by atoms with Gasteiger partial charge in [0.1, 0.15) is 33.4 Å². The molecule has 12 aromatic carbocycles. The lowest BCUT2D eigenvalue weighted by molar-refractivity contribution is -0.554. The molecule has 0 bridgehead atoms. The highest BCUT2D eigenvalue weighted by Gasteiger charge is 2.35. The summed E-state index contributed by atoms with van der Waals surface area (Å²) in [6.07, 6.45) is 13.2. The second-order valence-corrected chi connectivity index (χ2v) is 36.0. The molecule has 0 unspecified atom stereocenters. The lowest BCUT2D eigenvalue weighted by Gasteiger charge is -2.28. The van der Waals surface area contributed by atoms with Gasteiger partial charge in [0.2, 0.25) is 0 Å². The molecule has 6 aliphatic heterocycles. The van der Waals surface area contributed by atoms with Crippen molar-refractivity contribution in [2.75, 3.05) is 83.8 Å². The summed E-state index contributed by atoms with van der Waals surface area (Å²) < 4.78 is 9.62. The average Bonchev–Trinajstić information content (AvgIpc) is 1.52. The molecule has 22 rings (SSSR count). The van der Waals surface area contributed by atoms with Crippen molar-refractivity contribution in [2.45, 2.75) is 72.2 Å². The van der Waals surface area contributed by atoms with Crippen molar-refractivity contribution in [2.24, 2.45) is 9.98 Å². The first kappa shape index (κ1) is 83.2. The molecule has 4 aromatic heterocycles. The third-order valence-electron chi connectivity index (χ3n) is 24.3. The van der Waals surface area contributed by atoms with E-state index in [2.05, 4.69) is 440 Å². The Bertz CT molecular complexity index is 6620. The third-order valence-corrected chi connectivity index (χ3v) is 29.0. The number of nitrogens with zero attached hydrogens (tertiary/aromatic N) is 12. The van der Waals surface area contributed by atoms with Gasteiger partial charge in [-0.15, -0.1) is 0 Å². The average molecular weight is 1730 g/mol. The van der Waals surface area contributed by atoms with Crippen LogP contribution < -0.4 is 61.9 Å². The quantitative estimate of drug-likeness (QED) is 0.111. The zero-order chi connectivity index (χ0) is 81.7. The van der Waals surface area contributed by atoms with E-state index in [-0.39, 0.29) is 39.3 Å². The molecule has 0 N–H and O–H groups in total. The molecule has 0 saturated carbocycles. The number of thioether (sulfide) groups is 4. The van der Waals surface area contributed by atoms with Crippen LogP contribution in [0.3, 0.4) is 0 Å². The van der Waals surface area contributed by atoms with Crippen molar-refractivity contribution >= 4 is 149 Å². The van der Waals surface area contributed by atoms with Gasteiger partial charge < -0.3 is 32.0 Å². The topological polar surface area (TPSA) is 61.8 Å². The van der Waals surface area contributed by atoms with Gasteiger partial charge in [0, 0.05) is 119 Å². The highest BCUT2D eigenvalue weighted by molar-refractivity contribution is 8.04. The molecule has 16 aromatic rings. The van der Waals surface area contributed by atoms with E-state index in [1.165, 1.54) is 129 Å². The molecular weight excluding hydrogens is 1630 g/mol. The van der Waals surface area contributed by atoms with Gasteiger partial charge in [0.15, 0.2) is 0 Å². The molecule has 0 spiro atoms. The minimum atomic E-state index is 0. The van der Waals surface area contributed by atoms with Gasteiger partial charge in [-0.2, -0.15) is 9.13 Å². The van der Waals surface area contributed by atoms with Crippen LogP contribution >= 0.6 is 47.0 Å². The third kappa shape index (κ3) is 16.1. The molecule has 0 atom stereocenters. The van der Waals surface area contributed by atoms with E-state index in [1.807, 2.05) is 47.0 Å². The second kappa shape index (κ2) is 36.3. The van der Waals surface area contributed by atoms with E-state index in [4.69, 9.17) is 9.98 Å². The number of hydrogen-bond acceptors (Lipinski definition) is 12. The predicted octanol–water partition coefficient (Wildman–Crippen LogP) is 21.7. The van der Waals surface area contributed by atoms with Crippen LogP contribution in [0, 0.1) is 0 Å². The summed E-state index contributed by atoms with van der Waals surface area (Å²) in [6.45, 7) is 3.58. The van der Waals surface area contributed by atoms with Crippen LogP contribution in [0.4, 0.5) is 34.4 Å². The number of hydrogen-bond donors (Lipinski definition) is 0. The maximum Gasteiger partial charge on any atom is 0.282 e. The molecule has 0 aliphatic carbocycles. The van der Waals surface area contributed by atoms with E-state index in [0.717, 1.165) is 96.6 Å². The fourth-order valence-electron chi connectivity index (χ4n) is 18.1. The molecule has 10 heterocycles. The number of halogens is 1. The van der Waals surface area contributed by atoms with E-state index in [9.17, 15) is 0 Å². The van der Waals surface area contributed by atoms with Crippen molar-refractivity contribution in [1.29, 1.82) is 0 Å². The Morgan fingerprint density at radius 2 is 0.560 bits per heavy atom. The zero-order valence-corrected chi connectivity index (χ0v) is 72.9. The van der Waals surface area contributed by atoms with E-state index in [0.29, 0.717) is 0 Å². The van der Waals surface area contributed by atoms with Gasteiger partial charge in [-0.1, -0.05) is 256 Å². The normalized spacial score (nSPS) is 16.5. The first-order chi connectivity index (χ1) is 60.1. The Balaban J connectivity index is 0.000000166. The largest absolute Gasteiger partial charge is 1.00 e. The standard InChI is InChI=1S/2C53H45N6S2.2CH4.ClH/c2*1-55-46-25-13-15-27-48(46)60-52(55)35-37-33-50(58(40-17-5-3-6-18-40)44-23-11-9-21-42(37)44)54-39-29-31-57(32-30-39)51-34-38(36-53-56(2)47-26-14-16-28-49(47)61-53)43-22-10-12-24-45(43)59(51)41-19-7-4-8-20-41;;;/h2*3-28,33-36,39H,29-32H2,1-2H3;2*1H4;1H/q2*+1;;;/p-1/b2*52-35+,54-50?;;;. The zero-order valence-electron chi connectivity index (χ0n) is 68.8. The lowest BCUT2D eigenvalue weighted by atomic mass is 10.0. The maximum atomic E-state index is 5.67. The summed E-state index contributed by atoms with van der Waals surface area (Å²) in [5.41, 5.74) is 21.0. The van der Waals surface area contributed by atoms with Crippen molar-refractivity contribution in [3.63, 3.8) is 0 Å². The van der Waals surface area contributed by atoms with Crippen molar-refractivity contribution < 1.29 is 21.5 Å². The van der Waals surface area contributed by atoms with Crippen molar-refractivity contribution in [3.05, 3.63) is 393 Å². The van der Waals surface area contributed by atoms with E-state index >= 15 is 0 Å². The molecule has 620 valence electrons. The molecular formula is C108H98ClN12S4+. The number of rotatable bonds is 12. The number of para-hydroxylation sites is 12. The Labute approximate surface area is 755 Å². The number of anilines is 6. The van der Waals surface area contributed by atoms with Gasteiger partial charge in [-0.05, 0) is 180 Å². The van der Waals surface area contributed by atoms with Crippen LogP contribution in [0.5, 0.6) is 0 Å². The first-order valence-corrected chi connectivity index (χ1v) is 45.3. The SMILES string of the molecule is C.C.CN1C(=Cc2cc(N3CCC(N=c4cc(/C=C5/Sc6ccccc6N5C)c5ccccc5n4-c4ccccc4)CC3)[n+](-c3ccccc3)c3ccccc23)Sc2ccccc21.CN1C(=Cc2cc(N3CCC(N=c4cc(/C=C5/Sc6ccccc6N5C)c5ccccc5n4-c4ccccc4)CC3)[n+](-c3ccccc3)c3ccccc23)Sc2ccccc21.[Cl-]. The smallest absolute Gasteiger partial charge is 0.282 e. The Kier molecular flexibility index (Phi) is 24.1. The monoisotopic (exact) mass is 1730 g/mol. The summed E-state index contributed by atoms with van der Waals surface area (Å²) >= 11 is 7.35. The van der Waals surface area contributed by atoms with Crippen molar-refractivity contribution in [1.82, 2.24) is 9.13 Å². The van der Waals surface area contributed by atoms with Crippen LogP contribution in [0.25, 0.3) is 90.7 Å². The van der Waals surface area contributed by atoms with Gasteiger partial charge in [0.05, 0.1) is 92.2 Å². The minimum Gasteiger partial charge on any atom is -1.00 e. The molecule has 17 heteroatoms. The van der Waals surface area contributed by atoms with Crippen LogP contribution in [0.15, 0.2) is 389 Å². The van der Waals surface area contributed by atoms with Gasteiger partial charge >= 0.3 is 0 Å². The Hall–Kier alpha value is -12.7. The highest BCUT2D eigenvalue weighted by atomic mass is 35.5. The summed E-state index contributed by atoms with van der Waals surface area (Å²) in [7, 11) is 8.69.